The highest BCUT2D eigenvalue weighted by Crippen LogP contribution is 2.36. The van der Waals surface area contributed by atoms with Gasteiger partial charge in [-0.15, -0.1) is 10.2 Å². The van der Waals surface area contributed by atoms with E-state index in [-0.39, 0.29) is 5.92 Å². The maximum Gasteiger partial charge on any atom is 0.247 e. The van der Waals surface area contributed by atoms with Gasteiger partial charge in [-0.3, -0.25) is 0 Å². The van der Waals surface area contributed by atoms with E-state index >= 15 is 0 Å². The molecule has 0 saturated heterocycles. The molecule has 4 heteroatoms. The Hall–Kier alpha value is -3.40. The van der Waals surface area contributed by atoms with Crippen molar-refractivity contribution >= 4 is 21.9 Å². The van der Waals surface area contributed by atoms with Gasteiger partial charge in [-0.25, -0.2) is 0 Å². The summed E-state index contributed by atoms with van der Waals surface area (Å²) in [6.45, 7) is 4.07. The Bertz CT molecular complexity index is 1250. The zero-order valence-electron chi connectivity index (χ0n) is 15.1. The zero-order valence-corrected chi connectivity index (χ0v) is 15.1. The van der Waals surface area contributed by atoms with Crippen molar-refractivity contribution in [2.75, 3.05) is 0 Å². The first-order valence-electron chi connectivity index (χ1n) is 9.05. The van der Waals surface area contributed by atoms with Crippen molar-refractivity contribution in [3.8, 4) is 22.6 Å². The molecule has 0 saturated carbocycles. The minimum Gasteiger partial charge on any atom is -0.455 e. The van der Waals surface area contributed by atoms with Crippen molar-refractivity contribution in [3.63, 3.8) is 0 Å². The van der Waals surface area contributed by atoms with Gasteiger partial charge in [-0.2, -0.15) is 0 Å². The van der Waals surface area contributed by atoms with Crippen LogP contribution in [-0.4, -0.2) is 10.2 Å². The van der Waals surface area contributed by atoms with E-state index in [2.05, 4.69) is 46.6 Å². The summed E-state index contributed by atoms with van der Waals surface area (Å²) in [6.07, 6.45) is 0. The molecule has 3 aromatic carbocycles. The number of nitrogens with zero attached hydrogens (tertiary/aromatic N) is 2. The van der Waals surface area contributed by atoms with E-state index in [1.54, 1.807) is 0 Å². The molecule has 0 atom stereocenters. The van der Waals surface area contributed by atoms with Crippen LogP contribution < -0.4 is 0 Å². The lowest BCUT2D eigenvalue weighted by Crippen LogP contribution is -1.85. The molecule has 2 heterocycles. The van der Waals surface area contributed by atoms with Gasteiger partial charge in [0.25, 0.3) is 0 Å². The van der Waals surface area contributed by atoms with Crippen LogP contribution in [0.3, 0.4) is 0 Å². The molecular formula is C23H18N2O2. The van der Waals surface area contributed by atoms with E-state index in [9.17, 15) is 0 Å². The van der Waals surface area contributed by atoms with Gasteiger partial charge in [-0.05, 0) is 23.8 Å². The fraction of sp³-hybridized carbons (Fsp3) is 0.130. The minimum absolute atomic E-state index is 0.219. The Morgan fingerprint density at radius 3 is 2.22 bits per heavy atom. The molecule has 5 rings (SSSR count). The number of para-hydroxylation sites is 2. The van der Waals surface area contributed by atoms with Gasteiger partial charge in [0.05, 0.1) is 0 Å². The second-order valence-corrected chi connectivity index (χ2v) is 6.96. The highest BCUT2D eigenvalue weighted by molar-refractivity contribution is 6.09. The standard InChI is InChI=1S/C23H18N2O2/c1-14(2)22-24-25-23(27-22)16-12-10-15(11-13-16)17-7-5-8-19-18-6-3-4-9-20(18)26-21(17)19/h3-14H,1-2H3. The van der Waals surface area contributed by atoms with Crippen molar-refractivity contribution in [1.29, 1.82) is 0 Å². The zero-order chi connectivity index (χ0) is 18.4. The lowest BCUT2D eigenvalue weighted by molar-refractivity contribution is 0.481. The average Bonchev–Trinajstić information content (AvgIpc) is 3.33. The average molecular weight is 354 g/mol. The Kier molecular flexibility index (Phi) is 3.57. The van der Waals surface area contributed by atoms with Crippen LogP contribution in [0.2, 0.25) is 0 Å². The monoisotopic (exact) mass is 354 g/mol. The van der Waals surface area contributed by atoms with Crippen LogP contribution in [0.15, 0.2) is 75.6 Å². The third-order valence-electron chi connectivity index (χ3n) is 4.78. The summed E-state index contributed by atoms with van der Waals surface area (Å²) in [5.74, 6) is 1.42. The van der Waals surface area contributed by atoms with Crippen molar-refractivity contribution in [2.24, 2.45) is 0 Å². The van der Waals surface area contributed by atoms with E-state index in [1.165, 1.54) is 0 Å². The quantitative estimate of drug-likeness (QED) is 0.375. The molecule has 0 amide bonds. The summed E-state index contributed by atoms with van der Waals surface area (Å²) in [5.41, 5.74) is 4.89. The Morgan fingerprint density at radius 1 is 0.704 bits per heavy atom. The first kappa shape index (κ1) is 15.8. The number of rotatable bonds is 3. The number of hydrogen-bond acceptors (Lipinski definition) is 4. The fourth-order valence-corrected chi connectivity index (χ4v) is 3.35. The molecule has 0 bridgehead atoms. The number of furan rings is 1. The van der Waals surface area contributed by atoms with Crippen LogP contribution in [0, 0.1) is 0 Å². The number of aromatic nitrogens is 2. The summed E-state index contributed by atoms with van der Waals surface area (Å²) in [7, 11) is 0. The van der Waals surface area contributed by atoms with Gasteiger partial charge in [0, 0.05) is 27.8 Å². The smallest absolute Gasteiger partial charge is 0.247 e. The van der Waals surface area contributed by atoms with Gasteiger partial charge >= 0.3 is 0 Å². The topological polar surface area (TPSA) is 52.1 Å². The highest BCUT2D eigenvalue weighted by Gasteiger charge is 2.14. The first-order valence-corrected chi connectivity index (χ1v) is 9.05. The maximum absolute atomic E-state index is 6.14. The second-order valence-electron chi connectivity index (χ2n) is 6.96. The van der Waals surface area contributed by atoms with Gasteiger partial charge in [0.1, 0.15) is 11.2 Å². The van der Waals surface area contributed by atoms with Crippen molar-refractivity contribution in [3.05, 3.63) is 72.6 Å². The lowest BCUT2D eigenvalue weighted by Gasteiger charge is -2.04. The summed E-state index contributed by atoms with van der Waals surface area (Å²) in [4.78, 5) is 0. The Balaban J connectivity index is 1.58. The van der Waals surface area contributed by atoms with Crippen LogP contribution in [0.4, 0.5) is 0 Å². The molecule has 27 heavy (non-hydrogen) atoms. The molecule has 132 valence electrons. The van der Waals surface area contributed by atoms with Crippen LogP contribution in [0.25, 0.3) is 44.5 Å². The predicted octanol–water partition coefficient (Wildman–Crippen LogP) is 6.43. The minimum atomic E-state index is 0.219. The van der Waals surface area contributed by atoms with E-state index < -0.39 is 0 Å². The van der Waals surface area contributed by atoms with Crippen LogP contribution in [-0.2, 0) is 0 Å². The third kappa shape index (κ3) is 2.61. The van der Waals surface area contributed by atoms with Gasteiger partial charge in [-0.1, -0.05) is 62.4 Å². The Labute approximate surface area is 156 Å². The van der Waals surface area contributed by atoms with Gasteiger partial charge < -0.3 is 8.83 Å². The number of fused-ring (bicyclic) bond motifs is 3. The number of hydrogen-bond donors (Lipinski definition) is 0. The van der Waals surface area contributed by atoms with Gasteiger partial charge in [0.2, 0.25) is 11.8 Å². The maximum atomic E-state index is 6.14. The van der Waals surface area contributed by atoms with Crippen LogP contribution in [0.1, 0.15) is 25.7 Å². The molecule has 0 aliphatic carbocycles. The van der Waals surface area contributed by atoms with Crippen LogP contribution in [0.5, 0.6) is 0 Å². The molecule has 0 aliphatic heterocycles. The van der Waals surface area contributed by atoms with Crippen molar-refractivity contribution in [1.82, 2.24) is 10.2 Å². The predicted molar refractivity (Wildman–Crippen MR) is 107 cm³/mol. The molecule has 0 radical (unpaired) electrons. The molecule has 0 unspecified atom stereocenters. The Morgan fingerprint density at radius 2 is 1.44 bits per heavy atom. The third-order valence-corrected chi connectivity index (χ3v) is 4.78. The van der Waals surface area contributed by atoms with E-state index in [4.69, 9.17) is 8.83 Å². The molecule has 0 spiro atoms. The number of benzene rings is 3. The lowest BCUT2D eigenvalue weighted by atomic mass is 10.0. The summed E-state index contributed by atoms with van der Waals surface area (Å²) in [5, 5.41) is 10.5. The molecule has 0 N–H and O–H groups in total. The van der Waals surface area contributed by atoms with Crippen molar-refractivity contribution in [2.45, 2.75) is 19.8 Å². The van der Waals surface area contributed by atoms with Gasteiger partial charge in [0.15, 0.2) is 0 Å². The molecule has 0 aliphatic rings. The molecule has 4 nitrogen and oxygen atoms in total. The molecule has 0 fully saturated rings. The molecule has 5 aromatic rings. The van der Waals surface area contributed by atoms with E-state index in [1.807, 2.05) is 44.2 Å². The summed E-state index contributed by atoms with van der Waals surface area (Å²) >= 11 is 0. The second kappa shape index (κ2) is 6.09. The SMILES string of the molecule is CC(C)c1nnc(-c2ccc(-c3cccc4c3oc3ccccc34)cc2)o1. The van der Waals surface area contributed by atoms with Crippen molar-refractivity contribution < 1.29 is 8.83 Å². The largest absolute Gasteiger partial charge is 0.455 e. The molecular weight excluding hydrogens is 336 g/mol. The summed E-state index contributed by atoms with van der Waals surface area (Å²) in [6, 6.07) is 22.5. The first-order chi connectivity index (χ1) is 13.2. The van der Waals surface area contributed by atoms with E-state index in [0.717, 1.165) is 38.6 Å². The van der Waals surface area contributed by atoms with E-state index in [0.29, 0.717) is 11.8 Å². The molecule has 2 aromatic heterocycles. The highest BCUT2D eigenvalue weighted by atomic mass is 16.4. The summed E-state index contributed by atoms with van der Waals surface area (Å²) < 4.78 is 11.9. The normalized spacial score (nSPS) is 11.7. The fourth-order valence-electron chi connectivity index (χ4n) is 3.35. The van der Waals surface area contributed by atoms with Crippen LogP contribution >= 0.6 is 0 Å².